The fraction of sp³-hybridized carbons (Fsp3) is 0.412. The monoisotopic (exact) mass is 333 g/mol. The van der Waals surface area contributed by atoms with Gasteiger partial charge in [0.1, 0.15) is 11.9 Å². The first-order chi connectivity index (χ1) is 9.54. The molecule has 106 valence electrons. The van der Waals surface area contributed by atoms with Crippen molar-refractivity contribution in [1.82, 2.24) is 5.32 Å². The van der Waals surface area contributed by atoms with Gasteiger partial charge in [-0.1, -0.05) is 44.2 Å². The van der Waals surface area contributed by atoms with Crippen molar-refractivity contribution >= 4 is 26.7 Å². The topological polar surface area (TPSA) is 21.3 Å². The number of ether oxygens (including phenoxy) is 1. The number of hydrogen-bond donors (Lipinski definition) is 1. The number of halogens is 1. The van der Waals surface area contributed by atoms with Crippen LogP contribution in [0.4, 0.5) is 0 Å². The van der Waals surface area contributed by atoms with Gasteiger partial charge in [0.15, 0.2) is 0 Å². The molecular formula is C17H20BrNO. The van der Waals surface area contributed by atoms with Crippen LogP contribution in [0.15, 0.2) is 40.9 Å². The Labute approximate surface area is 128 Å². The molecule has 0 saturated heterocycles. The van der Waals surface area contributed by atoms with Crippen LogP contribution in [-0.4, -0.2) is 19.2 Å². The molecule has 20 heavy (non-hydrogen) atoms. The third-order valence-electron chi connectivity index (χ3n) is 4.62. The number of fused-ring (bicyclic) bond motifs is 1. The van der Waals surface area contributed by atoms with E-state index in [4.69, 9.17) is 4.74 Å². The van der Waals surface area contributed by atoms with Crippen LogP contribution in [0.25, 0.3) is 10.8 Å². The number of hydrogen-bond acceptors (Lipinski definition) is 2. The third-order valence-corrected chi connectivity index (χ3v) is 5.44. The minimum absolute atomic E-state index is 0.167. The quantitative estimate of drug-likeness (QED) is 0.900. The molecule has 3 rings (SSSR count). The molecule has 0 spiro atoms. The molecule has 0 bridgehead atoms. The first-order valence-corrected chi connectivity index (χ1v) is 7.84. The Bertz CT molecular complexity index is 638. The molecule has 2 atom stereocenters. The first-order valence-electron chi connectivity index (χ1n) is 7.05. The first kappa shape index (κ1) is 13.9. The second-order valence-corrected chi connectivity index (χ2v) is 6.90. The SMILES string of the molecule is CNC1CC(Oc2ccc3ccccc3c2Br)C1(C)C. The molecule has 0 radical (unpaired) electrons. The zero-order valence-corrected chi connectivity index (χ0v) is 13.7. The average Bonchev–Trinajstić information content (AvgIpc) is 2.45. The molecule has 3 heteroatoms. The van der Waals surface area contributed by atoms with E-state index in [9.17, 15) is 0 Å². The zero-order valence-electron chi connectivity index (χ0n) is 12.1. The highest BCUT2D eigenvalue weighted by atomic mass is 79.9. The largest absolute Gasteiger partial charge is 0.489 e. The van der Waals surface area contributed by atoms with Crippen LogP contribution >= 0.6 is 15.9 Å². The minimum atomic E-state index is 0.167. The van der Waals surface area contributed by atoms with E-state index >= 15 is 0 Å². The predicted octanol–water partition coefficient (Wildman–Crippen LogP) is 4.37. The van der Waals surface area contributed by atoms with Crippen molar-refractivity contribution in [1.29, 1.82) is 0 Å². The maximum absolute atomic E-state index is 6.25. The molecule has 1 fully saturated rings. The molecule has 2 nitrogen and oxygen atoms in total. The van der Waals surface area contributed by atoms with Crippen LogP contribution in [0.5, 0.6) is 5.75 Å². The summed E-state index contributed by atoms with van der Waals surface area (Å²) < 4.78 is 7.30. The van der Waals surface area contributed by atoms with Crippen LogP contribution < -0.4 is 10.1 Å². The van der Waals surface area contributed by atoms with Gasteiger partial charge in [-0.2, -0.15) is 0 Å². The summed E-state index contributed by atoms with van der Waals surface area (Å²) in [4.78, 5) is 0. The smallest absolute Gasteiger partial charge is 0.134 e. The summed E-state index contributed by atoms with van der Waals surface area (Å²) in [5.41, 5.74) is 0.167. The highest BCUT2D eigenvalue weighted by Crippen LogP contribution is 2.44. The van der Waals surface area contributed by atoms with Crippen LogP contribution in [0, 0.1) is 5.41 Å². The fourth-order valence-electron chi connectivity index (χ4n) is 3.03. The van der Waals surface area contributed by atoms with Crippen LogP contribution in [0.2, 0.25) is 0 Å². The van der Waals surface area contributed by atoms with Crippen molar-refractivity contribution in [2.45, 2.75) is 32.4 Å². The summed E-state index contributed by atoms with van der Waals surface area (Å²) in [6, 6.07) is 13.1. The van der Waals surface area contributed by atoms with E-state index in [1.807, 2.05) is 7.05 Å². The lowest BCUT2D eigenvalue weighted by Crippen LogP contribution is -2.61. The van der Waals surface area contributed by atoms with Crippen molar-refractivity contribution in [3.63, 3.8) is 0 Å². The molecule has 0 heterocycles. The van der Waals surface area contributed by atoms with Crippen molar-refractivity contribution in [2.24, 2.45) is 5.41 Å². The van der Waals surface area contributed by atoms with E-state index < -0.39 is 0 Å². The Hall–Kier alpha value is -1.06. The van der Waals surface area contributed by atoms with Gasteiger partial charge in [-0.05, 0) is 39.8 Å². The Morgan fingerprint density at radius 2 is 1.95 bits per heavy atom. The second kappa shape index (κ2) is 5.05. The summed E-state index contributed by atoms with van der Waals surface area (Å²) in [7, 11) is 2.02. The summed E-state index contributed by atoms with van der Waals surface area (Å²) >= 11 is 3.69. The Morgan fingerprint density at radius 1 is 1.20 bits per heavy atom. The molecule has 0 aromatic heterocycles. The standard InChI is InChI=1S/C17H20BrNO/c1-17(2)14(19-3)10-15(17)20-13-9-8-11-6-4-5-7-12(11)16(13)18/h4-9,14-15,19H,10H2,1-3H3. The van der Waals surface area contributed by atoms with Gasteiger partial charge in [-0.15, -0.1) is 0 Å². The lowest BCUT2D eigenvalue weighted by molar-refractivity contribution is -0.0523. The Kier molecular flexibility index (Phi) is 3.51. The molecule has 1 N–H and O–H groups in total. The maximum Gasteiger partial charge on any atom is 0.134 e. The van der Waals surface area contributed by atoms with Gasteiger partial charge in [0, 0.05) is 17.9 Å². The van der Waals surface area contributed by atoms with Crippen LogP contribution in [0.1, 0.15) is 20.3 Å². The molecule has 1 saturated carbocycles. The van der Waals surface area contributed by atoms with Gasteiger partial charge < -0.3 is 10.1 Å². The summed E-state index contributed by atoms with van der Waals surface area (Å²) in [6.45, 7) is 4.52. The van der Waals surface area contributed by atoms with E-state index in [2.05, 4.69) is 71.5 Å². The number of benzene rings is 2. The third kappa shape index (κ3) is 2.13. The molecular weight excluding hydrogens is 314 g/mol. The van der Waals surface area contributed by atoms with Gasteiger partial charge >= 0.3 is 0 Å². The van der Waals surface area contributed by atoms with Gasteiger partial charge in [0.25, 0.3) is 0 Å². The number of rotatable bonds is 3. The molecule has 2 unspecified atom stereocenters. The van der Waals surface area contributed by atoms with Crippen molar-refractivity contribution in [2.75, 3.05) is 7.05 Å². The minimum Gasteiger partial charge on any atom is -0.489 e. The number of nitrogens with one attached hydrogen (secondary N) is 1. The summed E-state index contributed by atoms with van der Waals surface area (Å²) in [5.74, 6) is 0.941. The molecule has 1 aliphatic carbocycles. The van der Waals surface area contributed by atoms with Crippen molar-refractivity contribution in [3.8, 4) is 5.75 Å². The highest BCUT2D eigenvalue weighted by Gasteiger charge is 2.49. The van der Waals surface area contributed by atoms with E-state index in [1.54, 1.807) is 0 Å². The van der Waals surface area contributed by atoms with Crippen LogP contribution in [0.3, 0.4) is 0 Å². The summed E-state index contributed by atoms with van der Waals surface area (Å²) in [6.07, 6.45) is 1.32. The predicted molar refractivity (Wildman–Crippen MR) is 87.3 cm³/mol. The van der Waals surface area contributed by atoms with E-state index in [1.165, 1.54) is 10.8 Å². The van der Waals surface area contributed by atoms with Crippen molar-refractivity contribution in [3.05, 3.63) is 40.9 Å². The highest BCUT2D eigenvalue weighted by molar-refractivity contribution is 9.10. The fourth-order valence-corrected chi connectivity index (χ4v) is 3.62. The van der Waals surface area contributed by atoms with Gasteiger partial charge in [-0.25, -0.2) is 0 Å². The average molecular weight is 334 g/mol. The zero-order chi connectivity index (χ0) is 14.3. The molecule has 2 aromatic carbocycles. The Morgan fingerprint density at radius 3 is 2.65 bits per heavy atom. The lowest BCUT2D eigenvalue weighted by Gasteiger charge is -2.51. The van der Waals surface area contributed by atoms with Crippen LogP contribution in [-0.2, 0) is 0 Å². The second-order valence-electron chi connectivity index (χ2n) is 6.10. The maximum atomic E-state index is 6.25. The van der Waals surface area contributed by atoms with Gasteiger partial charge in [0.2, 0.25) is 0 Å². The van der Waals surface area contributed by atoms with Gasteiger partial charge in [-0.3, -0.25) is 0 Å². The summed E-state index contributed by atoms with van der Waals surface area (Å²) in [5, 5.41) is 5.79. The van der Waals surface area contributed by atoms with E-state index in [-0.39, 0.29) is 11.5 Å². The normalized spacial score (nSPS) is 24.4. The lowest BCUT2D eigenvalue weighted by atomic mass is 9.64. The van der Waals surface area contributed by atoms with E-state index in [0.29, 0.717) is 6.04 Å². The van der Waals surface area contributed by atoms with Crippen molar-refractivity contribution < 1.29 is 4.74 Å². The van der Waals surface area contributed by atoms with Gasteiger partial charge in [0.05, 0.1) is 4.47 Å². The molecule has 2 aromatic rings. The molecule has 0 aliphatic heterocycles. The molecule has 1 aliphatic rings. The van der Waals surface area contributed by atoms with E-state index in [0.717, 1.165) is 16.6 Å². The Balaban J connectivity index is 1.87. The molecule has 0 amide bonds.